The minimum atomic E-state index is -0.432. The minimum Gasteiger partial charge on any atom is -0.366 e. The molecule has 1 saturated carbocycles. The summed E-state index contributed by atoms with van der Waals surface area (Å²) in [4.78, 5) is 30.3. The van der Waals surface area contributed by atoms with E-state index in [4.69, 9.17) is 5.73 Å². The fourth-order valence-corrected chi connectivity index (χ4v) is 4.79. The number of rotatable bonds is 7. The fourth-order valence-electron chi connectivity index (χ4n) is 3.98. The summed E-state index contributed by atoms with van der Waals surface area (Å²) in [5, 5.41) is 6.46. The van der Waals surface area contributed by atoms with E-state index in [0.717, 1.165) is 30.9 Å². The third-order valence-electron chi connectivity index (χ3n) is 5.50. The second-order valence-corrected chi connectivity index (χ2v) is 8.50. The van der Waals surface area contributed by atoms with Crippen molar-refractivity contribution < 1.29 is 9.59 Å². The lowest BCUT2D eigenvalue weighted by molar-refractivity contribution is -0.121. The Morgan fingerprint density at radius 2 is 1.96 bits per heavy atom. The molecule has 4 rings (SSSR count). The van der Waals surface area contributed by atoms with Crippen LogP contribution in [0.3, 0.4) is 0 Å². The van der Waals surface area contributed by atoms with E-state index >= 15 is 0 Å². The number of likely N-dealkylation sites (tertiary alicyclic amines) is 1. The number of carbonyl (C=O) groups excluding carboxylic acids is 2. The fraction of sp³-hybridized carbons (Fsp3) is 0.450. The zero-order valence-corrected chi connectivity index (χ0v) is 16.2. The molecule has 6 nitrogen and oxygen atoms in total. The van der Waals surface area contributed by atoms with Crippen molar-refractivity contribution in [1.82, 2.24) is 15.2 Å². The van der Waals surface area contributed by atoms with E-state index in [-0.39, 0.29) is 5.91 Å². The Bertz CT molecular complexity index is 836. The number of thiazole rings is 1. The molecule has 1 aromatic heterocycles. The molecule has 0 radical (unpaired) electrons. The van der Waals surface area contributed by atoms with Crippen molar-refractivity contribution in [2.24, 2.45) is 17.6 Å². The van der Waals surface area contributed by atoms with Crippen LogP contribution in [0.5, 0.6) is 0 Å². The van der Waals surface area contributed by atoms with E-state index in [1.54, 1.807) is 23.5 Å². The van der Waals surface area contributed by atoms with E-state index in [9.17, 15) is 9.59 Å². The van der Waals surface area contributed by atoms with Gasteiger partial charge in [-0.3, -0.25) is 14.5 Å². The number of carbonyl (C=O) groups is 2. The third kappa shape index (κ3) is 4.20. The molecular weight excluding hydrogens is 360 g/mol. The number of amides is 2. The van der Waals surface area contributed by atoms with Gasteiger partial charge in [0.15, 0.2) is 0 Å². The first kappa shape index (κ1) is 18.1. The van der Waals surface area contributed by atoms with Gasteiger partial charge in [0.05, 0.1) is 6.54 Å². The molecule has 2 aromatic rings. The Labute approximate surface area is 162 Å². The second kappa shape index (κ2) is 7.40. The summed E-state index contributed by atoms with van der Waals surface area (Å²) in [7, 11) is 0. The summed E-state index contributed by atoms with van der Waals surface area (Å²) in [5.74, 6) is 0.851. The summed E-state index contributed by atoms with van der Waals surface area (Å²) in [6, 6.07) is 7.47. The lowest BCUT2D eigenvalue weighted by Crippen LogP contribution is -2.34. The van der Waals surface area contributed by atoms with E-state index in [2.05, 4.69) is 20.6 Å². The smallest absolute Gasteiger partial charge is 0.248 e. The largest absolute Gasteiger partial charge is 0.366 e. The lowest BCUT2D eigenvalue weighted by atomic mass is 10.1. The molecule has 3 atom stereocenters. The van der Waals surface area contributed by atoms with Crippen molar-refractivity contribution in [3.8, 4) is 0 Å². The highest BCUT2D eigenvalue weighted by molar-refractivity contribution is 7.09. The van der Waals surface area contributed by atoms with Crippen molar-refractivity contribution in [1.29, 1.82) is 0 Å². The molecule has 1 unspecified atom stereocenters. The van der Waals surface area contributed by atoms with Gasteiger partial charge in [0.25, 0.3) is 0 Å². The average molecular weight is 385 g/mol. The van der Waals surface area contributed by atoms with E-state index < -0.39 is 5.91 Å². The molecule has 0 spiro atoms. The number of nitrogens with zero attached hydrogens (tertiary/aromatic N) is 2. The summed E-state index contributed by atoms with van der Waals surface area (Å²) < 4.78 is 0. The molecule has 2 heterocycles. The van der Waals surface area contributed by atoms with Crippen LogP contribution >= 0.6 is 11.3 Å². The SMILES string of the molecule is Cc1csc(CN2C[C@@H]3C(NC(=O)CCc4ccc(C(N)=O)cc4)[C@@H]3C2)n1. The molecule has 2 amide bonds. The molecule has 2 aliphatic rings. The Morgan fingerprint density at radius 3 is 2.56 bits per heavy atom. The monoisotopic (exact) mass is 384 g/mol. The number of aryl methyl sites for hydroxylation is 2. The van der Waals surface area contributed by atoms with E-state index in [1.165, 1.54) is 5.01 Å². The number of fused-ring (bicyclic) bond motifs is 1. The van der Waals surface area contributed by atoms with Gasteiger partial charge >= 0.3 is 0 Å². The molecular formula is C20H24N4O2S. The number of hydrogen-bond acceptors (Lipinski definition) is 5. The molecule has 1 aliphatic carbocycles. The van der Waals surface area contributed by atoms with Crippen molar-refractivity contribution in [3.05, 3.63) is 51.5 Å². The van der Waals surface area contributed by atoms with Crippen molar-refractivity contribution in [2.45, 2.75) is 32.4 Å². The number of nitrogens with two attached hydrogens (primary N) is 1. The zero-order valence-electron chi connectivity index (χ0n) is 15.4. The molecule has 27 heavy (non-hydrogen) atoms. The Balaban J connectivity index is 1.18. The van der Waals surface area contributed by atoms with Crippen LogP contribution in [0.4, 0.5) is 0 Å². The molecule has 1 aliphatic heterocycles. The maximum atomic E-state index is 12.2. The van der Waals surface area contributed by atoms with Gasteiger partial charge in [0.1, 0.15) is 5.01 Å². The molecule has 0 bridgehead atoms. The molecule has 7 heteroatoms. The highest BCUT2D eigenvalue weighted by atomic mass is 32.1. The van der Waals surface area contributed by atoms with Crippen LogP contribution in [0.25, 0.3) is 0 Å². The van der Waals surface area contributed by atoms with Gasteiger partial charge in [-0.2, -0.15) is 0 Å². The maximum Gasteiger partial charge on any atom is 0.248 e. The van der Waals surface area contributed by atoms with Crippen LogP contribution in [0.15, 0.2) is 29.6 Å². The molecule has 142 valence electrons. The van der Waals surface area contributed by atoms with Gasteiger partial charge in [0, 0.05) is 42.2 Å². The predicted octanol–water partition coefficient (Wildman–Crippen LogP) is 1.73. The summed E-state index contributed by atoms with van der Waals surface area (Å²) >= 11 is 1.72. The molecule has 2 fully saturated rings. The van der Waals surface area contributed by atoms with Gasteiger partial charge in [-0.1, -0.05) is 12.1 Å². The van der Waals surface area contributed by atoms with E-state index in [0.29, 0.717) is 36.3 Å². The summed E-state index contributed by atoms with van der Waals surface area (Å²) in [6.07, 6.45) is 1.14. The van der Waals surface area contributed by atoms with Crippen LogP contribution in [0, 0.1) is 18.8 Å². The van der Waals surface area contributed by atoms with Gasteiger partial charge in [-0.15, -0.1) is 11.3 Å². The molecule has 3 N–H and O–H groups in total. The minimum absolute atomic E-state index is 0.107. The van der Waals surface area contributed by atoms with Gasteiger partial charge in [-0.25, -0.2) is 4.98 Å². The number of piperidine rings is 1. The van der Waals surface area contributed by atoms with Crippen molar-refractivity contribution in [3.63, 3.8) is 0 Å². The second-order valence-electron chi connectivity index (χ2n) is 7.56. The summed E-state index contributed by atoms with van der Waals surface area (Å²) in [6.45, 7) is 5.04. The van der Waals surface area contributed by atoms with Gasteiger partial charge in [-0.05, 0) is 42.9 Å². The first-order chi connectivity index (χ1) is 13.0. The number of benzene rings is 1. The maximum absolute atomic E-state index is 12.2. The van der Waals surface area contributed by atoms with Crippen LogP contribution in [0.2, 0.25) is 0 Å². The quantitative estimate of drug-likeness (QED) is 0.761. The predicted molar refractivity (Wildman–Crippen MR) is 104 cm³/mol. The number of aromatic nitrogens is 1. The normalized spacial score (nSPS) is 23.8. The number of hydrogen-bond donors (Lipinski definition) is 2. The highest BCUT2D eigenvalue weighted by Gasteiger charge is 2.56. The van der Waals surface area contributed by atoms with Crippen LogP contribution in [-0.2, 0) is 17.8 Å². The third-order valence-corrected chi connectivity index (χ3v) is 6.45. The number of primary amides is 1. The van der Waals surface area contributed by atoms with Crippen LogP contribution in [0.1, 0.15) is 33.0 Å². The van der Waals surface area contributed by atoms with E-state index in [1.807, 2.05) is 19.1 Å². The van der Waals surface area contributed by atoms with Gasteiger partial charge < -0.3 is 11.1 Å². The van der Waals surface area contributed by atoms with Gasteiger partial charge in [0.2, 0.25) is 11.8 Å². The first-order valence-electron chi connectivity index (χ1n) is 9.31. The first-order valence-corrected chi connectivity index (χ1v) is 10.2. The standard InChI is InChI=1S/C20H24N4O2S/c1-12-11-27-18(22-12)10-24-8-15-16(9-24)19(15)23-17(25)7-4-13-2-5-14(6-3-13)20(21)26/h2-3,5-6,11,15-16,19H,4,7-10H2,1H3,(H2,21,26)(H,23,25)/t15-,16+,19?. The Morgan fingerprint density at radius 1 is 1.26 bits per heavy atom. The lowest BCUT2D eigenvalue weighted by Gasteiger charge is -2.18. The topological polar surface area (TPSA) is 88.3 Å². The Kier molecular flexibility index (Phi) is 4.97. The van der Waals surface area contributed by atoms with Crippen molar-refractivity contribution in [2.75, 3.05) is 13.1 Å². The number of nitrogens with one attached hydrogen (secondary N) is 1. The average Bonchev–Trinajstić information content (AvgIpc) is 2.99. The highest BCUT2D eigenvalue weighted by Crippen LogP contribution is 2.45. The molecule has 1 saturated heterocycles. The Hall–Kier alpha value is -2.25. The molecule has 1 aromatic carbocycles. The van der Waals surface area contributed by atoms with Crippen molar-refractivity contribution >= 4 is 23.2 Å². The van der Waals surface area contributed by atoms with Crippen LogP contribution in [-0.4, -0.2) is 40.8 Å². The summed E-state index contributed by atoms with van der Waals surface area (Å²) in [5.41, 5.74) is 7.86. The van der Waals surface area contributed by atoms with Crippen LogP contribution < -0.4 is 11.1 Å². The zero-order chi connectivity index (χ0) is 19.0.